The molecule has 0 atom stereocenters. The zero-order valence-corrected chi connectivity index (χ0v) is 15.2. The van der Waals surface area contributed by atoms with E-state index in [2.05, 4.69) is 35.5 Å². The van der Waals surface area contributed by atoms with Gasteiger partial charge in [0.2, 0.25) is 0 Å². The number of hydrogen-bond acceptors (Lipinski definition) is 2. The van der Waals surface area contributed by atoms with Crippen LogP contribution in [0.2, 0.25) is 0 Å². The highest BCUT2D eigenvalue weighted by molar-refractivity contribution is 4.83. The summed E-state index contributed by atoms with van der Waals surface area (Å²) in [4.78, 5) is 4.14. The Labute approximate surface area is 137 Å². The first-order valence-electron chi connectivity index (χ1n) is 9.64. The van der Waals surface area contributed by atoms with Gasteiger partial charge in [0.15, 0.2) is 0 Å². The van der Waals surface area contributed by atoms with Crippen LogP contribution < -0.4 is 0 Å². The fourth-order valence-corrected chi connectivity index (χ4v) is 3.44. The van der Waals surface area contributed by atoms with Crippen LogP contribution in [0.3, 0.4) is 0 Å². The molecule has 0 fully saturated rings. The second-order valence-corrected chi connectivity index (χ2v) is 6.70. The van der Waals surface area contributed by atoms with E-state index >= 15 is 0 Å². The van der Waals surface area contributed by atoms with Crippen molar-refractivity contribution in [3.63, 3.8) is 0 Å². The maximum atomic E-state index is 4.40. The van der Waals surface area contributed by atoms with Crippen molar-refractivity contribution in [1.82, 2.24) is 14.8 Å². The molecule has 1 rings (SSSR count). The van der Waals surface area contributed by atoms with Gasteiger partial charge in [0.05, 0.1) is 5.54 Å². The molecule has 1 aromatic rings. The molecule has 0 spiro atoms. The van der Waals surface area contributed by atoms with Crippen molar-refractivity contribution < 1.29 is 0 Å². The normalized spacial score (nSPS) is 12.0. The van der Waals surface area contributed by atoms with E-state index in [1.54, 1.807) is 6.33 Å². The van der Waals surface area contributed by atoms with E-state index in [9.17, 15) is 0 Å². The smallest absolute Gasteiger partial charge is 0.137 e. The molecular formula is C19H37N3. The van der Waals surface area contributed by atoms with Gasteiger partial charge in [0.25, 0.3) is 0 Å². The van der Waals surface area contributed by atoms with E-state index < -0.39 is 0 Å². The van der Waals surface area contributed by atoms with Crippen LogP contribution in [0.15, 0.2) is 12.7 Å². The first kappa shape index (κ1) is 19.2. The highest BCUT2D eigenvalue weighted by Crippen LogP contribution is 2.30. The van der Waals surface area contributed by atoms with Gasteiger partial charge < -0.3 is 0 Å². The Morgan fingerprint density at radius 1 is 0.773 bits per heavy atom. The van der Waals surface area contributed by atoms with Crippen LogP contribution in [-0.2, 0) is 5.54 Å². The average Bonchev–Trinajstić information content (AvgIpc) is 3.08. The summed E-state index contributed by atoms with van der Waals surface area (Å²) >= 11 is 0. The Morgan fingerprint density at radius 3 is 1.77 bits per heavy atom. The lowest BCUT2D eigenvalue weighted by Crippen LogP contribution is -2.32. The van der Waals surface area contributed by atoms with E-state index in [0.29, 0.717) is 0 Å². The van der Waals surface area contributed by atoms with Gasteiger partial charge in [-0.15, -0.1) is 0 Å². The monoisotopic (exact) mass is 307 g/mol. The maximum Gasteiger partial charge on any atom is 0.137 e. The average molecular weight is 308 g/mol. The fourth-order valence-electron chi connectivity index (χ4n) is 3.44. The Hall–Kier alpha value is -0.860. The lowest BCUT2D eigenvalue weighted by atomic mass is 9.87. The minimum absolute atomic E-state index is 0.191. The molecule has 0 saturated heterocycles. The van der Waals surface area contributed by atoms with E-state index in [1.807, 2.05) is 6.33 Å². The molecule has 128 valence electrons. The second-order valence-electron chi connectivity index (χ2n) is 6.70. The molecule has 1 aromatic heterocycles. The minimum atomic E-state index is 0.191. The molecule has 0 N–H and O–H groups in total. The van der Waals surface area contributed by atoms with Gasteiger partial charge in [0, 0.05) is 0 Å². The third kappa shape index (κ3) is 6.50. The summed E-state index contributed by atoms with van der Waals surface area (Å²) in [5.41, 5.74) is 0.191. The molecule has 0 aliphatic heterocycles. The number of hydrogen-bond donors (Lipinski definition) is 0. The van der Waals surface area contributed by atoms with E-state index in [4.69, 9.17) is 0 Å². The van der Waals surface area contributed by atoms with Gasteiger partial charge in [-0.05, 0) is 19.3 Å². The van der Waals surface area contributed by atoms with Gasteiger partial charge in [-0.2, -0.15) is 5.10 Å². The third-order valence-corrected chi connectivity index (χ3v) is 5.22. The summed E-state index contributed by atoms with van der Waals surface area (Å²) in [5.74, 6) is 0. The van der Waals surface area contributed by atoms with Gasteiger partial charge in [-0.1, -0.05) is 85.0 Å². The van der Waals surface area contributed by atoms with Crippen molar-refractivity contribution >= 4 is 0 Å². The highest BCUT2D eigenvalue weighted by Gasteiger charge is 2.28. The lowest BCUT2D eigenvalue weighted by Gasteiger charge is -2.31. The van der Waals surface area contributed by atoms with Crippen LogP contribution in [0.5, 0.6) is 0 Å². The standard InChI is InChI=1S/C19H37N3/c1-4-7-8-9-10-11-12-13-14-15-16-19(5-2,6-3)22-18-20-17-21-22/h17-18H,4-16H2,1-3H3. The van der Waals surface area contributed by atoms with E-state index in [0.717, 1.165) is 12.8 Å². The Kier molecular flexibility index (Phi) is 10.2. The van der Waals surface area contributed by atoms with Crippen LogP contribution in [0.25, 0.3) is 0 Å². The van der Waals surface area contributed by atoms with Crippen LogP contribution in [0, 0.1) is 0 Å². The number of aromatic nitrogens is 3. The molecule has 0 aromatic carbocycles. The Balaban J connectivity index is 2.12. The summed E-state index contributed by atoms with van der Waals surface area (Å²) in [6.45, 7) is 6.84. The molecule has 0 saturated carbocycles. The molecule has 0 aliphatic rings. The predicted molar refractivity (Wildman–Crippen MR) is 95.0 cm³/mol. The zero-order valence-electron chi connectivity index (χ0n) is 15.2. The van der Waals surface area contributed by atoms with Crippen LogP contribution in [0.4, 0.5) is 0 Å². The summed E-state index contributed by atoms with van der Waals surface area (Å²) < 4.78 is 2.10. The van der Waals surface area contributed by atoms with E-state index in [1.165, 1.54) is 70.6 Å². The lowest BCUT2D eigenvalue weighted by molar-refractivity contribution is 0.207. The van der Waals surface area contributed by atoms with Gasteiger partial charge >= 0.3 is 0 Å². The maximum absolute atomic E-state index is 4.40. The summed E-state index contributed by atoms with van der Waals surface area (Å²) in [5, 5.41) is 4.40. The minimum Gasteiger partial charge on any atom is -0.247 e. The van der Waals surface area contributed by atoms with Crippen LogP contribution in [0.1, 0.15) is 104 Å². The van der Waals surface area contributed by atoms with Crippen LogP contribution in [-0.4, -0.2) is 14.8 Å². The quantitative estimate of drug-likeness (QED) is 0.388. The summed E-state index contributed by atoms with van der Waals surface area (Å²) in [6, 6.07) is 0. The molecule has 3 heteroatoms. The molecule has 0 amide bonds. The van der Waals surface area contributed by atoms with Crippen molar-refractivity contribution in [2.24, 2.45) is 0 Å². The van der Waals surface area contributed by atoms with Crippen molar-refractivity contribution in [3.05, 3.63) is 12.7 Å². The van der Waals surface area contributed by atoms with Gasteiger partial charge in [-0.25, -0.2) is 9.67 Å². The number of nitrogens with zero attached hydrogens (tertiary/aromatic N) is 3. The van der Waals surface area contributed by atoms with Gasteiger partial charge in [0.1, 0.15) is 12.7 Å². The molecule has 0 aliphatic carbocycles. The predicted octanol–water partition coefficient (Wildman–Crippen LogP) is 6.10. The fraction of sp³-hybridized carbons (Fsp3) is 0.895. The molecule has 1 heterocycles. The molecule has 0 unspecified atom stereocenters. The van der Waals surface area contributed by atoms with Crippen LogP contribution >= 0.6 is 0 Å². The first-order valence-corrected chi connectivity index (χ1v) is 9.64. The third-order valence-electron chi connectivity index (χ3n) is 5.22. The summed E-state index contributed by atoms with van der Waals surface area (Å²) in [6.07, 6.45) is 21.1. The SMILES string of the molecule is CCCCCCCCCCCCC(CC)(CC)n1cncn1. The Bertz CT molecular complexity index is 342. The molecular weight excluding hydrogens is 270 g/mol. The Morgan fingerprint density at radius 2 is 1.32 bits per heavy atom. The summed E-state index contributed by atoms with van der Waals surface area (Å²) in [7, 11) is 0. The zero-order chi connectivity index (χ0) is 16.1. The topological polar surface area (TPSA) is 30.7 Å². The van der Waals surface area contributed by atoms with Crippen molar-refractivity contribution in [3.8, 4) is 0 Å². The van der Waals surface area contributed by atoms with Crippen molar-refractivity contribution in [1.29, 1.82) is 0 Å². The first-order chi connectivity index (χ1) is 10.8. The van der Waals surface area contributed by atoms with Crippen molar-refractivity contribution in [2.45, 2.75) is 110 Å². The van der Waals surface area contributed by atoms with Crippen molar-refractivity contribution in [2.75, 3.05) is 0 Å². The van der Waals surface area contributed by atoms with Gasteiger partial charge in [-0.3, -0.25) is 0 Å². The molecule has 0 radical (unpaired) electrons. The highest BCUT2D eigenvalue weighted by atomic mass is 15.4. The number of rotatable bonds is 14. The largest absolute Gasteiger partial charge is 0.247 e. The molecule has 0 bridgehead atoms. The number of unbranched alkanes of at least 4 members (excludes halogenated alkanes) is 9. The molecule has 3 nitrogen and oxygen atoms in total. The van der Waals surface area contributed by atoms with E-state index in [-0.39, 0.29) is 5.54 Å². The second kappa shape index (κ2) is 11.7. The molecule has 22 heavy (non-hydrogen) atoms.